The molecule has 0 aromatic heterocycles. The van der Waals surface area contributed by atoms with Crippen LogP contribution in [0.15, 0.2) is 42.5 Å². The average Bonchev–Trinajstić information content (AvgIpc) is 2.60. The molecule has 8 heteroatoms. The second-order valence-electron chi connectivity index (χ2n) is 6.51. The SMILES string of the molecule is CC(C)(NC(=O)c1ccc(OC(F)(F)F)cc1)c1ccc2c(c1)OCCO2. The molecule has 3 rings (SSSR count). The Morgan fingerprint density at radius 3 is 2.26 bits per heavy atom. The molecule has 1 heterocycles. The number of halogens is 3. The fourth-order valence-corrected chi connectivity index (χ4v) is 2.67. The monoisotopic (exact) mass is 381 g/mol. The van der Waals surface area contributed by atoms with Crippen molar-refractivity contribution in [2.75, 3.05) is 13.2 Å². The van der Waals surface area contributed by atoms with Gasteiger partial charge in [0.2, 0.25) is 0 Å². The van der Waals surface area contributed by atoms with Crippen LogP contribution in [-0.2, 0) is 5.54 Å². The van der Waals surface area contributed by atoms with E-state index >= 15 is 0 Å². The molecule has 0 radical (unpaired) electrons. The highest BCUT2D eigenvalue weighted by atomic mass is 19.4. The maximum absolute atomic E-state index is 12.5. The van der Waals surface area contributed by atoms with Gasteiger partial charge in [0.1, 0.15) is 19.0 Å². The van der Waals surface area contributed by atoms with Gasteiger partial charge in [-0.25, -0.2) is 0 Å². The zero-order chi connectivity index (χ0) is 19.7. The zero-order valence-corrected chi connectivity index (χ0v) is 14.7. The smallest absolute Gasteiger partial charge is 0.486 e. The Kier molecular flexibility index (Phi) is 4.91. The van der Waals surface area contributed by atoms with Crippen LogP contribution in [0.4, 0.5) is 13.2 Å². The molecule has 0 bridgehead atoms. The van der Waals surface area contributed by atoms with Gasteiger partial charge in [-0.15, -0.1) is 13.2 Å². The van der Waals surface area contributed by atoms with Gasteiger partial charge in [-0.3, -0.25) is 4.79 Å². The van der Waals surface area contributed by atoms with Crippen LogP contribution in [0.1, 0.15) is 29.8 Å². The van der Waals surface area contributed by atoms with E-state index < -0.39 is 17.8 Å². The number of carbonyl (C=O) groups is 1. The first kappa shape index (κ1) is 18.9. The maximum Gasteiger partial charge on any atom is 0.573 e. The van der Waals surface area contributed by atoms with Gasteiger partial charge in [0.25, 0.3) is 5.91 Å². The van der Waals surface area contributed by atoms with Crippen molar-refractivity contribution in [3.05, 3.63) is 53.6 Å². The summed E-state index contributed by atoms with van der Waals surface area (Å²) in [6.07, 6.45) is -4.77. The van der Waals surface area contributed by atoms with E-state index in [4.69, 9.17) is 9.47 Å². The summed E-state index contributed by atoms with van der Waals surface area (Å²) in [6.45, 7) is 4.57. The Labute approximate surface area is 154 Å². The predicted molar refractivity (Wildman–Crippen MR) is 91.0 cm³/mol. The lowest BCUT2D eigenvalue weighted by Gasteiger charge is -2.28. The molecule has 144 valence electrons. The minimum absolute atomic E-state index is 0.218. The van der Waals surface area contributed by atoms with E-state index in [-0.39, 0.29) is 11.3 Å². The van der Waals surface area contributed by atoms with E-state index in [0.29, 0.717) is 24.7 Å². The number of ether oxygens (including phenoxy) is 3. The number of fused-ring (bicyclic) bond motifs is 1. The summed E-state index contributed by atoms with van der Waals surface area (Å²) in [6, 6.07) is 10.1. The molecule has 1 aliphatic rings. The van der Waals surface area contributed by atoms with E-state index in [1.54, 1.807) is 12.1 Å². The van der Waals surface area contributed by atoms with Crippen molar-refractivity contribution < 1.29 is 32.2 Å². The lowest BCUT2D eigenvalue weighted by Crippen LogP contribution is -2.41. The second-order valence-corrected chi connectivity index (χ2v) is 6.51. The minimum Gasteiger partial charge on any atom is -0.486 e. The number of hydrogen-bond acceptors (Lipinski definition) is 4. The van der Waals surface area contributed by atoms with Gasteiger partial charge in [0, 0.05) is 5.56 Å². The Balaban J connectivity index is 1.72. The van der Waals surface area contributed by atoms with Gasteiger partial charge in [0.15, 0.2) is 11.5 Å². The first-order valence-electron chi connectivity index (χ1n) is 8.22. The van der Waals surface area contributed by atoms with Gasteiger partial charge in [0.05, 0.1) is 5.54 Å². The molecule has 27 heavy (non-hydrogen) atoms. The van der Waals surface area contributed by atoms with Crippen molar-refractivity contribution in [2.45, 2.75) is 25.7 Å². The first-order chi connectivity index (χ1) is 12.6. The van der Waals surface area contributed by atoms with Crippen molar-refractivity contribution >= 4 is 5.91 Å². The Morgan fingerprint density at radius 1 is 1.00 bits per heavy atom. The average molecular weight is 381 g/mol. The standard InChI is InChI=1S/C19H18F3NO4/c1-18(2,13-5-8-15-16(11-13)26-10-9-25-15)23-17(24)12-3-6-14(7-4-12)27-19(20,21)22/h3-8,11H,9-10H2,1-2H3,(H,23,24). The van der Waals surface area contributed by atoms with Gasteiger partial charge in [-0.1, -0.05) is 6.07 Å². The molecule has 1 aliphatic heterocycles. The first-order valence-corrected chi connectivity index (χ1v) is 8.22. The molecule has 2 aromatic rings. The highest BCUT2D eigenvalue weighted by Crippen LogP contribution is 2.34. The molecule has 0 spiro atoms. The van der Waals surface area contributed by atoms with Gasteiger partial charge in [-0.05, 0) is 55.8 Å². The van der Waals surface area contributed by atoms with Gasteiger partial charge < -0.3 is 19.5 Å². The van der Waals surface area contributed by atoms with Crippen LogP contribution in [0.3, 0.4) is 0 Å². The third-order valence-electron chi connectivity index (χ3n) is 4.04. The van der Waals surface area contributed by atoms with Crippen LogP contribution in [0, 0.1) is 0 Å². The Bertz CT molecular complexity index is 832. The topological polar surface area (TPSA) is 56.8 Å². The van der Waals surface area contributed by atoms with Crippen molar-refractivity contribution in [1.82, 2.24) is 5.32 Å². The molecular weight excluding hydrogens is 363 g/mol. The van der Waals surface area contributed by atoms with Crippen molar-refractivity contribution in [2.24, 2.45) is 0 Å². The summed E-state index contributed by atoms with van der Waals surface area (Å²) >= 11 is 0. The molecule has 0 unspecified atom stereocenters. The van der Waals surface area contributed by atoms with Crippen LogP contribution >= 0.6 is 0 Å². The number of carbonyl (C=O) groups excluding carboxylic acids is 1. The molecule has 1 amide bonds. The predicted octanol–water partition coefficient (Wildman–Crippen LogP) is 4.02. The second kappa shape index (κ2) is 7.02. The lowest BCUT2D eigenvalue weighted by atomic mass is 9.93. The lowest BCUT2D eigenvalue weighted by molar-refractivity contribution is -0.274. The molecule has 1 N–H and O–H groups in total. The van der Waals surface area contributed by atoms with E-state index in [1.807, 2.05) is 19.9 Å². The molecule has 0 aliphatic carbocycles. The summed E-state index contributed by atoms with van der Waals surface area (Å²) in [5.74, 6) is 0.445. The summed E-state index contributed by atoms with van der Waals surface area (Å²) in [4.78, 5) is 12.5. The number of amides is 1. The third-order valence-corrected chi connectivity index (χ3v) is 4.04. The summed E-state index contributed by atoms with van der Waals surface area (Å²) < 4.78 is 51.5. The number of alkyl halides is 3. The molecule has 0 saturated heterocycles. The van der Waals surface area contributed by atoms with Gasteiger partial charge in [-0.2, -0.15) is 0 Å². The van der Waals surface area contributed by atoms with E-state index in [9.17, 15) is 18.0 Å². The molecule has 0 saturated carbocycles. The minimum atomic E-state index is -4.77. The summed E-state index contributed by atoms with van der Waals surface area (Å²) in [7, 11) is 0. The number of benzene rings is 2. The molecule has 5 nitrogen and oxygen atoms in total. The van der Waals surface area contributed by atoms with Crippen LogP contribution in [0.5, 0.6) is 17.2 Å². The van der Waals surface area contributed by atoms with Crippen molar-refractivity contribution in [3.63, 3.8) is 0 Å². The highest BCUT2D eigenvalue weighted by Gasteiger charge is 2.31. The van der Waals surface area contributed by atoms with E-state index in [1.165, 1.54) is 12.1 Å². The fraction of sp³-hybridized carbons (Fsp3) is 0.316. The maximum atomic E-state index is 12.5. The zero-order valence-electron chi connectivity index (χ0n) is 14.7. The Morgan fingerprint density at radius 2 is 1.63 bits per heavy atom. The number of rotatable bonds is 4. The summed E-state index contributed by atoms with van der Waals surface area (Å²) in [5, 5.41) is 2.87. The highest BCUT2D eigenvalue weighted by molar-refractivity contribution is 5.94. The van der Waals surface area contributed by atoms with Gasteiger partial charge >= 0.3 is 6.36 Å². The fourth-order valence-electron chi connectivity index (χ4n) is 2.67. The van der Waals surface area contributed by atoms with Crippen LogP contribution in [0.2, 0.25) is 0 Å². The van der Waals surface area contributed by atoms with E-state index in [0.717, 1.165) is 17.7 Å². The van der Waals surface area contributed by atoms with Crippen LogP contribution in [0.25, 0.3) is 0 Å². The molecule has 2 aromatic carbocycles. The van der Waals surface area contributed by atoms with Crippen LogP contribution < -0.4 is 19.5 Å². The molecular formula is C19H18F3NO4. The van der Waals surface area contributed by atoms with Crippen molar-refractivity contribution in [1.29, 1.82) is 0 Å². The van der Waals surface area contributed by atoms with Crippen LogP contribution in [-0.4, -0.2) is 25.5 Å². The third kappa shape index (κ3) is 4.64. The Hall–Kier alpha value is -2.90. The normalized spacial score (nSPS) is 13.8. The van der Waals surface area contributed by atoms with E-state index in [2.05, 4.69) is 10.1 Å². The molecule has 0 atom stereocenters. The number of hydrogen-bond donors (Lipinski definition) is 1. The number of nitrogens with one attached hydrogen (secondary N) is 1. The molecule has 0 fully saturated rings. The largest absolute Gasteiger partial charge is 0.573 e. The summed E-state index contributed by atoms with van der Waals surface area (Å²) in [5.41, 5.74) is 0.279. The van der Waals surface area contributed by atoms with Crippen molar-refractivity contribution in [3.8, 4) is 17.2 Å². The quantitative estimate of drug-likeness (QED) is 0.869.